The van der Waals surface area contributed by atoms with Gasteiger partial charge in [-0.3, -0.25) is 4.79 Å². The van der Waals surface area contributed by atoms with E-state index in [1.165, 1.54) is 11.8 Å². The van der Waals surface area contributed by atoms with Crippen molar-refractivity contribution in [3.8, 4) is 11.5 Å². The lowest BCUT2D eigenvalue weighted by atomic mass is 9.87. The Balaban J connectivity index is 1.69. The number of thioether (sulfide) groups is 1. The number of ether oxygens (including phenoxy) is 2. The average molecular weight is 490 g/mol. The highest BCUT2D eigenvalue weighted by Gasteiger charge is 2.32. The molecule has 1 aliphatic carbocycles. The number of aryl methyl sites for hydroxylation is 2. The Bertz CT molecular complexity index is 1170. The fraction of sp³-hybridized carbons (Fsp3) is 0.560. The van der Waals surface area contributed by atoms with E-state index in [-0.39, 0.29) is 17.8 Å². The van der Waals surface area contributed by atoms with Gasteiger partial charge in [0.1, 0.15) is 28.7 Å². The number of aliphatic carboxylic acids is 1. The number of hydrogen-bond acceptors (Lipinski definition) is 7. The van der Waals surface area contributed by atoms with Gasteiger partial charge in [0.15, 0.2) is 6.61 Å². The minimum absolute atomic E-state index is 0.317. The summed E-state index contributed by atoms with van der Waals surface area (Å²) in [4.78, 5) is 36.8. The summed E-state index contributed by atoms with van der Waals surface area (Å²) < 4.78 is 17.9. The predicted molar refractivity (Wildman–Crippen MR) is 130 cm³/mol. The van der Waals surface area contributed by atoms with Crippen molar-refractivity contribution >= 4 is 34.6 Å². The highest BCUT2D eigenvalue weighted by Crippen LogP contribution is 2.44. The summed E-state index contributed by atoms with van der Waals surface area (Å²) in [6.45, 7) is 3.64. The Labute approximate surface area is 202 Å². The molecule has 0 saturated carbocycles. The van der Waals surface area contributed by atoms with Crippen molar-refractivity contribution in [3.63, 3.8) is 0 Å². The quantitative estimate of drug-likeness (QED) is 0.542. The number of amides is 1. The first-order valence-corrected chi connectivity index (χ1v) is 13.1. The van der Waals surface area contributed by atoms with Crippen molar-refractivity contribution < 1.29 is 28.6 Å². The van der Waals surface area contributed by atoms with E-state index >= 15 is 0 Å². The molecule has 8 nitrogen and oxygen atoms in total. The van der Waals surface area contributed by atoms with Gasteiger partial charge in [0.25, 0.3) is 5.91 Å². The molecular formula is C25H31NO7S. The summed E-state index contributed by atoms with van der Waals surface area (Å²) >= 11 is 1.52. The average Bonchev–Trinajstić information content (AvgIpc) is 2.79. The molecule has 0 fully saturated rings. The third-order valence-electron chi connectivity index (χ3n) is 6.48. The highest BCUT2D eigenvalue weighted by atomic mass is 32.2. The lowest BCUT2D eigenvalue weighted by molar-refractivity contribution is -0.142. The summed E-state index contributed by atoms with van der Waals surface area (Å²) in [5.74, 6) is 0.0206. The number of carboxylic acid groups (broad SMARTS) is 1. The Morgan fingerprint density at radius 2 is 1.94 bits per heavy atom. The molecule has 2 aromatic rings. The van der Waals surface area contributed by atoms with Crippen molar-refractivity contribution in [2.75, 3.05) is 18.6 Å². The monoisotopic (exact) mass is 489 g/mol. The number of fused-ring (bicyclic) bond motifs is 5. The summed E-state index contributed by atoms with van der Waals surface area (Å²) in [7, 11) is 0. The van der Waals surface area contributed by atoms with E-state index in [1.54, 1.807) is 6.07 Å². The zero-order valence-electron chi connectivity index (χ0n) is 19.8. The molecule has 1 unspecified atom stereocenters. The van der Waals surface area contributed by atoms with Gasteiger partial charge in [-0.1, -0.05) is 0 Å². The van der Waals surface area contributed by atoms with Gasteiger partial charge in [0, 0.05) is 17.2 Å². The highest BCUT2D eigenvalue weighted by molar-refractivity contribution is 7.98. The Morgan fingerprint density at radius 1 is 1.21 bits per heavy atom. The van der Waals surface area contributed by atoms with E-state index < -0.39 is 17.9 Å². The molecule has 2 N–H and O–H groups in total. The van der Waals surface area contributed by atoms with Gasteiger partial charge in [0.2, 0.25) is 0 Å². The fourth-order valence-corrected chi connectivity index (χ4v) is 5.17. The second kappa shape index (κ2) is 9.90. The fourth-order valence-electron chi connectivity index (χ4n) is 4.70. The minimum atomic E-state index is -1.08. The molecule has 1 amide bonds. The maximum absolute atomic E-state index is 12.8. The normalized spacial score (nSPS) is 17.3. The topological polar surface area (TPSA) is 115 Å². The Kier molecular flexibility index (Phi) is 7.12. The van der Waals surface area contributed by atoms with E-state index in [2.05, 4.69) is 5.32 Å². The molecule has 1 aromatic carbocycles. The van der Waals surface area contributed by atoms with Gasteiger partial charge < -0.3 is 24.3 Å². The smallest absolute Gasteiger partial charge is 0.339 e. The largest absolute Gasteiger partial charge is 0.487 e. The second-order valence-electron chi connectivity index (χ2n) is 9.50. The molecule has 0 bridgehead atoms. The molecule has 1 aromatic heterocycles. The van der Waals surface area contributed by atoms with E-state index in [4.69, 9.17) is 13.9 Å². The molecule has 0 saturated heterocycles. The summed E-state index contributed by atoms with van der Waals surface area (Å²) in [5, 5.41) is 12.7. The van der Waals surface area contributed by atoms with Crippen LogP contribution in [0.4, 0.5) is 0 Å². The molecule has 2 aliphatic rings. The first-order chi connectivity index (χ1) is 16.2. The lowest BCUT2D eigenvalue weighted by Gasteiger charge is -2.33. The van der Waals surface area contributed by atoms with Gasteiger partial charge >= 0.3 is 11.6 Å². The minimum Gasteiger partial charge on any atom is -0.487 e. The molecule has 0 spiro atoms. The molecule has 184 valence electrons. The maximum Gasteiger partial charge on any atom is 0.339 e. The number of hydrogen-bond donors (Lipinski definition) is 2. The zero-order valence-corrected chi connectivity index (χ0v) is 20.6. The van der Waals surface area contributed by atoms with E-state index in [0.717, 1.165) is 42.2 Å². The number of carbonyl (C=O) groups is 2. The SMILES string of the molecule is CSCCC(NC(=O)COc1cc2c(c3oc(=O)c4c(c13)CCCC4)CCC(C)(C)O2)C(=O)O. The van der Waals surface area contributed by atoms with Gasteiger partial charge in [-0.05, 0) is 76.4 Å². The Morgan fingerprint density at radius 3 is 2.65 bits per heavy atom. The summed E-state index contributed by atoms with van der Waals surface area (Å²) in [6.07, 6.45) is 6.98. The van der Waals surface area contributed by atoms with Crippen LogP contribution in [0.15, 0.2) is 15.3 Å². The van der Waals surface area contributed by atoms with E-state index in [1.807, 2.05) is 20.1 Å². The van der Waals surface area contributed by atoms with E-state index in [0.29, 0.717) is 47.7 Å². The number of rotatable bonds is 8. The van der Waals surface area contributed by atoms with Crippen LogP contribution in [0.3, 0.4) is 0 Å². The van der Waals surface area contributed by atoms with Crippen LogP contribution in [0.25, 0.3) is 11.0 Å². The van der Waals surface area contributed by atoms with Crippen molar-refractivity contribution in [1.29, 1.82) is 0 Å². The number of carbonyl (C=O) groups excluding carboxylic acids is 1. The molecular weight excluding hydrogens is 458 g/mol. The van der Waals surface area contributed by atoms with Crippen LogP contribution < -0.4 is 20.4 Å². The molecule has 0 radical (unpaired) electrons. The van der Waals surface area contributed by atoms with Crippen LogP contribution >= 0.6 is 11.8 Å². The summed E-state index contributed by atoms with van der Waals surface area (Å²) in [6, 6.07) is 0.808. The zero-order chi connectivity index (χ0) is 24.5. The number of nitrogens with one attached hydrogen (secondary N) is 1. The predicted octanol–water partition coefficient (Wildman–Crippen LogP) is 3.48. The van der Waals surface area contributed by atoms with Gasteiger partial charge in [0.05, 0.1) is 5.39 Å². The van der Waals surface area contributed by atoms with Crippen LogP contribution in [0.2, 0.25) is 0 Å². The molecule has 2 heterocycles. The van der Waals surface area contributed by atoms with Crippen LogP contribution in [0.5, 0.6) is 11.5 Å². The van der Waals surface area contributed by atoms with Crippen LogP contribution in [0, 0.1) is 0 Å². The summed E-state index contributed by atoms with van der Waals surface area (Å²) in [5.41, 5.74) is 2.21. The van der Waals surface area contributed by atoms with E-state index in [9.17, 15) is 19.5 Å². The van der Waals surface area contributed by atoms with Crippen LogP contribution in [-0.2, 0) is 28.9 Å². The number of carboxylic acids is 1. The third-order valence-corrected chi connectivity index (χ3v) is 7.13. The Hall–Kier alpha value is -2.68. The third kappa shape index (κ3) is 5.04. The lowest BCUT2D eigenvalue weighted by Crippen LogP contribution is -2.43. The van der Waals surface area contributed by atoms with Crippen molar-refractivity contribution in [3.05, 3.63) is 33.2 Å². The molecule has 4 rings (SSSR count). The molecule has 9 heteroatoms. The van der Waals surface area contributed by atoms with Crippen molar-refractivity contribution in [2.24, 2.45) is 0 Å². The molecule has 1 atom stereocenters. The van der Waals surface area contributed by atoms with Crippen molar-refractivity contribution in [2.45, 2.75) is 70.4 Å². The first-order valence-electron chi connectivity index (χ1n) is 11.7. The van der Waals surface area contributed by atoms with Gasteiger partial charge in [-0.25, -0.2) is 9.59 Å². The van der Waals surface area contributed by atoms with Gasteiger partial charge in [-0.15, -0.1) is 0 Å². The van der Waals surface area contributed by atoms with Gasteiger partial charge in [-0.2, -0.15) is 11.8 Å². The number of benzene rings is 1. The second-order valence-corrected chi connectivity index (χ2v) is 10.5. The van der Waals surface area contributed by atoms with Crippen LogP contribution in [-0.4, -0.2) is 47.2 Å². The molecule has 34 heavy (non-hydrogen) atoms. The first kappa shape index (κ1) is 24.4. The maximum atomic E-state index is 12.8. The molecule has 1 aliphatic heterocycles. The van der Waals surface area contributed by atoms with Crippen molar-refractivity contribution in [1.82, 2.24) is 5.32 Å². The standard InChI is InChI=1S/C25H31NO7S/c1-25(2)10-8-16-18(33-25)12-19(31-13-20(27)26-17(23(28)29)9-11-34-3)21-14-6-4-5-7-15(14)24(30)32-22(16)21/h12,17H,4-11,13H2,1-3H3,(H,26,27)(H,28,29). The van der Waals surface area contributed by atoms with Crippen LogP contribution in [0.1, 0.15) is 56.2 Å².